The fraction of sp³-hybridized carbons (Fsp3) is 0.407. The summed E-state index contributed by atoms with van der Waals surface area (Å²) in [6.45, 7) is 10.9. The zero-order valence-corrected chi connectivity index (χ0v) is 19.6. The van der Waals surface area contributed by atoms with Crippen molar-refractivity contribution in [1.29, 1.82) is 0 Å². The van der Waals surface area contributed by atoms with Crippen LogP contribution in [0.2, 0.25) is 0 Å². The lowest BCUT2D eigenvalue weighted by Gasteiger charge is -2.20. The van der Waals surface area contributed by atoms with Gasteiger partial charge in [0.05, 0.1) is 23.4 Å². The topological polar surface area (TPSA) is 54.5 Å². The second kappa shape index (κ2) is 12.2. The van der Waals surface area contributed by atoms with Gasteiger partial charge in [0.15, 0.2) is 0 Å². The molecule has 3 rings (SSSR count). The molecule has 32 heavy (non-hydrogen) atoms. The summed E-state index contributed by atoms with van der Waals surface area (Å²) in [4.78, 5) is 20.3. The van der Waals surface area contributed by atoms with E-state index in [0.29, 0.717) is 18.7 Å². The molecule has 1 heterocycles. The van der Waals surface area contributed by atoms with Crippen LogP contribution >= 0.6 is 0 Å². The maximum Gasteiger partial charge on any atom is 0.252 e. The molecule has 0 aliphatic rings. The fourth-order valence-electron chi connectivity index (χ4n) is 3.81. The number of amides is 1. The summed E-state index contributed by atoms with van der Waals surface area (Å²) in [5.74, 6) is 0.780. The molecule has 5 nitrogen and oxygen atoms in total. The van der Waals surface area contributed by atoms with Gasteiger partial charge in [-0.05, 0) is 75.8 Å². The number of aromatic nitrogens is 1. The van der Waals surface area contributed by atoms with Gasteiger partial charge in [-0.25, -0.2) is 4.98 Å². The first-order valence-electron chi connectivity index (χ1n) is 11.8. The van der Waals surface area contributed by atoms with E-state index in [1.165, 1.54) is 12.8 Å². The minimum Gasteiger partial charge on any atom is -0.494 e. The number of para-hydroxylation sites is 1. The van der Waals surface area contributed by atoms with Crippen molar-refractivity contribution in [2.45, 2.75) is 40.0 Å². The molecule has 0 radical (unpaired) electrons. The number of carbonyl (C=O) groups excluding carboxylic acids is 1. The van der Waals surface area contributed by atoms with E-state index in [2.05, 4.69) is 24.1 Å². The van der Waals surface area contributed by atoms with E-state index in [9.17, 15) is 4.79 Å². The number of pyridine rings is 1. The monoisotopic (exact) mass is 433 g/mol. The first-order valence-corrected chi connectivity index (χ1v) is 11.8. The standard InChI is InChI=1S/C27H35N3O2/c1-4-7-18-30(5-2)19-10-17-28-27(31)24-20-26(29-25-12-9-8-11-23(24)25)21-13-15-22(16-14-21)32-6-3/h8-9,11-16,20H,4-7,10,17-19H2,1-3H3,(H,28,31). The van der Waals surface area contributed by atoms with Crippen molar-refractivity contribution >= 4 is 16.8 Å². The normalized spacial score (nSPS) is 11.1. The van der Waals surface area contributed by atoms with Gasteiger partial charge in [-0.1, -0.05) is 38.5 Å². The molecule has 1 N–H and O–H groups in total. The van der Waals surface area contributed by atoms with Crippen LogP contribution in [0.15, 0.2) is 54.6 Å². The van der Waals surface area contributed by atoms with E-state index in [1.807, 2.05) is 61.5 Å². The van der Waals surface area contributed by atoms with Gasteiger partial charge in [0.2, 0.25) is 0 Å². The van der Waals surface area contributed by atoms with Gasteiger partial charge in [-0.3, -0.25) is 4.79 Å². The van der Waals surface area contributed by atoms with Crippen LogP contribution in [0.5, 0.6) is 5.75 Å². The van der Waals surface area contributed by atoms with Crippen molar-refractivity contribution in [3.63, 3.8) is 0 Å². The van der Waals surface area contributed by atoms with Gasteiger partial charge in [-0.2, -0.15) is 0 Å². The molecule has 170 valence electrons. The third-order valence-corrected chi connectivity index (χ3v) is 5.63. The molecule has 0 saturated carbocycles. The molecule has 0 aliphatic carbocycles. The summed E-state index contributed by atoms with van der Waals surface area (Å²) in [6, 6.07) is 17.6. The van der Waals surface area contributed by atoms with Gasteiger partial charge in [0.1, 0.15) is 5.75 Å². The van der Waals surface area contributed by atoms with E-state index < -0.39 is 0 Å². The number of carbonyl (C=O) groups is 1. The maximum atomic E-state index is 13.1. The average Bonchev–Trinajstić information content (AvgIpc) is 2.83. The summed E-state index contributed by atoms with van der Waals surface area (Å²) in [7, 11) is 0. The summed E-state index contributed by atoms with van der Waals surface area (Å²) in [6.07, 6.45) is 3.37. The number of fused-ring (bicyclic) bond motifs is 1. The molecule has 5 heteroatoms. The smallest absolute Gasteiger partial charge is 0.252 e. The van der Waals surface area contributed by atoms with Crippen LogP contribution in [-0.2, 0) is 0 Å². The largest absolute Gasteiger partial charge is 0.494 e. The Labute approximate surface area is 191 Å². The molecule has 0 spiro atoms. The van der Waals surface area contributed by atoms with Crippen LogP contribution < -0.4 is 10.1 Å². The Bertz CT molecular complexity index is 1000. The molecule has 0 saturated heterocycles. The van der Waals surface area contributed by atoms with Gasteiger partial charge < -0.3 is 15.0 Å². The quantitative estimate of drug-likeness (QED) is 0.381. The Morgan fingerprint density at radius 3 is 2.47 bits per heavy atom. The number of hydrogen-bond donors (Lipinski definition) is 1. The summed E-state index contributed by atoms with van der Waals surface area (Å²) in [5.41, 5.74) is 3.23. The predicted octanol–water partition coefficient (Wildman–Crippen LogP) is 5.54. The number of nitrogens with one attached hydrogen (secondary N) is 1. The van der Waals surface area contributed by atoms with Crippen molar-refractivity contribution in [3.8, 4) is 17.0 Å². The van der Waals surface area contributed by atoms with Crippen molar-refractivity contribution in [2.24, 2.45) is 0 Å². The third-order valence-electron chi connectivity index (χ3n) is 5.63. The van der Waals surface area contributed by atoms with E-state index in [0.717, 1.165) is 54.0 Å². The van der Waals surface area contributed by atoms with Crippen molar-refractivity contribution < 1.29 is 9.53 Å². The molecule has 0 fully saturated rings. The van der Waals surface area contributed by atoms with Crippen LogP contribution in [0.25, 0.3) is 22.2 Å². The maximum absolute atomic E-state index is 13.1. The third kappa shape index (κ3) is 6.30. The Morgan fingerprint density at radius 2 is 1.75 bits per heavy atom. The van der Waals surface area contributed by atoms with Gasteiger partial charge in [0, 0.05) is 17.5 Å². The second-order valence-electron chi connectivity index (χ2n) is 7.93. The molecular formula is C27H35N3O2. The number of nitrogens with zero attached hydrogens (tertiary/aromatic N) is 2. The SMILES string of the molecule is CCCCN(CC)CCCNC(=O)c1cc(-c2ccc(OCC)cc2)nc2ccccc12. The summed E-state index contributed by atoms with van der Waals surface area (Å²) < 4.78 is 5.54. The molecule has 3 aromatic rings. The summed E-state index contributed by atoms with van der Waals surface area (Å²) in [5, 5.41) is 3.99. The van der Waals surface area contributed by atoms with Gasteiger partial charge in [-0.15, -0.1) is 0 Å². The first-order chi connectivity index (χ1) is 15.7. The van der Waals surface area contributed by atoms with Crippen LogP contribution in [-0.4, -0.2) is 48.6 Å². The molecule has 0 bridgehead atoms. The van der Waals surface area contributed by atoms with Crippen LogP contribution in [0.4, 0.5) is 0 Å². The van der Waals surface area contributed by atoms with E-state index >= 15 is 0 Å². The van der Waals surface area contributed by atoms with Gasteiger partial charge >= 0.3 is 0 Å². The average molecular weight is 434 g/mol. The van der Waals surface area contributed by atoms with E-state index in [1.54, 1.807) is 0 Å². The Morgan fingerprint density at radius 1 is 1.00 bits per heavy atom. The molecule has 0 unspecified atom stereocenters. The van der Waals surface area contributed by atoms with Crippen molar-refractivity contribution in [3.05, 3.63) is 60.2 Å². The molecular weight excluding hydrogens is 398 g/mol. The predicted molar refractivity (Wildman–Crippen MR) is 132 cm³/mol. The fourth-order valence-corrected chi connectivity index (χ4v) is 3.81. The molecule has 1 amide bonds. The molecule has 0 atom stereocenters. The highest BCUT2D eigenvalue weighted by molar-refractivity contribution is 6.07. The second-order valence-corrected chi connectivity index (χ2v) is 7.93. The molecule has 0 aliphatic heterocycles. The minimum atomic E-state index is -0.0487. The van der Waals surface area contributed by atoms with Crippen LogP contribution in [0.3, 0.4) is 0 Å². The van der Waals surface area contributed by atoms with Gasteiger partial charge in [0.25, 0.3) is 5.91 Å². The first kappa shape index (κ1) is 23.7. The highest BCUT2D eigenvalue weighted by Crippen LogP contribution is 2.26. The lowest BCUT2D eigenvalue weighted by atomic mass is 10.0. The highest BCUT2D eigenvalue weighted by Gasteiger charge is 2.14. The number of hydrogen-bond acceptors (Lipinski definition) is 4. The van der Waals surface area contributed by atoms with E-state index in [4.69, 9.17) is 9.72 Å². The summed E-state index contributed by atoms with van der Waals surface area (Å²) >= 11 is 0. The number of unbranched alkanes of at least 4 members (excludes halogenated alkanes) is 1. The van der Waals surface area contributed by atoms with Crippen LogP contribution in [0.1, 0.15) is 50.4 Å². The Hall–Kier alpha value is -2.92. The number of ether oxygens (including phenoxy) is 1. The van der Waals surface area contributed by atoms with Crippen molar-refractivity contribution in [2.75, 3.05) is 32.8 Å². The lowest BCUT2D eigenvalue weighted by Crippen LogP contribution is -2.30. The highest BCUT2D eigenvalue weighted by atomic mass is 16.5. The Kier molecular flexibility index (Phi) is 9.05. The minimum absolute atomic E-state index is 0.0487. The zero-order chi connectivity index (χ0) is 22.8. The Balaban J connectivity index is 1.74. The number of rotatable bonds is 12. The molecule has 1 aromatic heterocycles. The van der Waals surface area contributed by atoms with Crippen molar-refractivity contribution in [1.82, 2.24) is 15.2 Å². The van der Waals surface area contributed by atoms with Crippen LogP contribution in [0, 0.1) is 0 Å². The lowest BCUT2D eigenvalue weighted by molar-refractivity contribution is 0.0953. The molecule has 2 aromatic carbocycles. The number of benzene rings is 2. The zero-order valence-electron chi connectivity index (χ0n) is 19.6. The van der Waals surface area contributed by atoms with E-state index in [-0.39, 0.29) is 5.91 Å².